The molecule has 11 heteroatoms. The van der Waals surface area contributed by atoms with Crippen molar-refractivity contribution in [2.75, 3.05) is 33.7 Å². The minimum absolute atomic E-state index is 0.562. The third kappa shape index (κ3) is 64.5. The highest BCUT2D eigenvalue weighted by atomic mass is 31.2. The van der Waals surface area contributed by atoms with Crippen molar-refractivity contribution < 1.29 is 28.7 Å². The topological polar surface area (TPSA) is 170 Å². The van der Waals surface area contributed by atoms with E-state index < -0.39 is 27.8 Å². The van der Waals surface area contributed by atoms with Gasteiger partial charge in [0.25, 0.3) is 0 Å². The van der Waals surface area contributed by atoms with Gasteiger partial charge in [0.2, 0.25) is 0 Å². The highest BCUT2D eigenvalue weighted by molar-refractivity contribution is 7.51. The van der Waals surface area contributed by atoms with Crippen molar-refractivity contribution >= 4 is 15.2 Å². The van der Waals surface area contributed by atoms with Gasteiger partial charge < -0.3 is 35.9 Å². The number of nitrogens with zero attached hydrogens (tertiary/aromatic N) is 1. The van der Waals surface area contributed by atoms with Crippen molar-refractivity contribution in [1.82, 2.24) is 4.90 Å². The molecule has 0 spiro atoms. The van der Waals surface area contributed by atoms with Gasteiger partial charge in [-0.1, -0.05) is 0 Å². The van der Waals surface area contributed by atoms with Gasteiger partial charge in [0.1, 0.15) is 0 Å². The maximum absolute atomic E-state index is 9.57. The lowest BCUT2D eigenvalue weighted by molar-refractivity contribution is 0.371. The molecule has 0 amide bonds. The summed E-state index contributed by atoms with van der Waals surface area (Å²) in [7, 11) is -1.74. The first-order chi connectivity index (χ1) is 6.85. The van der Waals surface area contributed by atoms with E-state index in [1.165, 1.54) is 0 Å². The molecule has 0 aliphatic rings. The van der Waals surface area contributed by atoms with Gasteiger partial charge >= 0.3 is 15.2 Å². The second-order valence-corrected chi connectivity index (χ2v) is 6.43. The quantitative estimate of drug-likeness (QED) is 0.324. The van der Waals surface area contributed by atoms with Crippen molar-refractivity contribution in [2.24, 2.45) is 11.5 Å². The van der Waals surface area contributed by atoms with Crippen LogP contribution in [0.25, 0.3) is 0 Å². The highest BCUT2D eigenvalue weighted by Crippen LogP contribution is 2.30. The Morgan fingerprint density at radius 2 is 0.938 bits per heavy atom. The van der Waals surface area contributed by atoms with Crippen LogP contribution in [-0.4, -0.2) is 58.2 Å². The van der Waals surface area contributed by atoms with Gasteiger partial charge in [0.05, 0.1) is 12.6 Å². The standard InChI is InChI=1S/C3H9N.2CH6NO3P/c1-4(2)3;2*2-1-6(3,4)5/h1-3H3;2*1-2H2,(H2,3,4,5). The highest BCUT2D eigenvalue weighted by Gasteiger charge is 2.06. The lowest BCUT2D eigenvalue weighted by Gasteiger charge is -1.92. The minimum atomic E-state index is -3.87. The monoisotopic (exact) mass is 281 g/mol. The predicted molar refractivity (Wildman–Crippen MR) is 61.8 cm³/mol. The summed E-state index contributed by atoms with van der Waals surface area (Å²) in [6, 6.07) is 0. The molecule has 0 bridgehead atoms. The zero-order valence-corrected chi connectivity index (χ0v) is 11.3. The van der Waals surface area contributed by atoms with Gasteiger partial charge in [0.15, 0.2) is 0 Å². The fourth-order valence-electron chi connectivity index (χ4n) is 0. The first kappa shape index (κ1) is 21.5. The second kappa shape index (κ2) is 10.3. The summed E-state index contributed by atoms with van der Waals surface area (Å²) in [5.41, 5.74) is 9.08. The Kier molecular flexibility index (Phi) is 13.9. The summed E-state index contributed by atoms with van der Waals surface area (Å²) in [5, 5.41) is 0. The van der Waals surface area contributed by atoms with Crippen molar-refractivity contribution in [3.63, 3.8) is 0 Å². The van der Waals surface area contributed by atoms with Gasteiger partial charge in [0, 0.05) is 0 Å². The molecular formula is C5H21N3O6P2. The van der Waals surface area contributed by atoms with Crippen LogP contribution >= 0.6 is 15.2 Å². The molecule has 0 saturated heterocycles. The summed E-state index contributed by atoms with van der Waals surface area (Å²) in [6.45, 7) is 0. The van der Waals surface area contributed by atoms with E-state index in [1.807, 2.05) is 26.0 Å². The zero-order chi connectivity index (χ0) is 14.0. The van der Waals surface area contributed by atoms with E-state index in [0.29, 0.717) is 0 Å². The molecule has 16 heavy (non-hydrogen) atoms. The molecular weight excluding hydrogens is 260 g/mol. The van der Waals surface area contributed by atoms with Crippen LogP contribution in [0.1, 0.15) is 0 Å². The fourth-order valence-corrected chi connectivity index (χ4v) is 0. The average molecular weight is 281 g/mol. The maximum Gasteiger partial charge on any atom is 0.338 e. The van der Waals surface area contributed by atoms with E-state index in [1.54, 1.807) is 0 Å². The minimum Gasteiger partial charge on any atom is -0.324 e. The molecule has 9 nitrogen and oxygen atoms in total. The SMILES string of the molecule is CN(C)C.NCP(=O)(O)O.NCP(=O)(O)O. The second-order valence-electron chi connectivity index (χ2n) is 3.04. The largest absolute Gasteiger partial charge is 0.338 e. The van der Waals surface area contributed by atoms with Crippen LogP contribution in [0.15, 0.2) is 0 Å². The molecule has 0 heterocycles. The Bertz CT molecular complexity index is 212. The molecule has 0 aromatic rings. The summed E-state index contributed by atoms with van der Waals surface area (Å²) >= 11 is 0. The fraction of sp³-hybridized carbons (Fsp3) is 1.00. The molecule has 0 radical (unpaired) electrons. The van der Waals surface area contributed by atoms with Crippen LogP contribution in [0.5, 0.6) is 0 Å². The van der Waals surface area contributed by atoms with Crippen molar-refractivity contribution in [3.8, 4) is 0 Å². The summed E-state index contributed by atoms with van der Waals surface area (Å²) in [4.78, 5) is 33.2. The molecule has 0 aromatic heterocycles. The van der Waals surface area contributed by atoms with E-state index in [4.69, 9.17) is 19.6 Å². The van der Waals surface area contributed by atoms with Crippen molar-refractivity contribution in [2.45, 2.75) is 0 Å². The Hall–Kier alpha value is 0.180. The molecule has 102 valence electrons. The van der Waals surface area contributed by atoms with Gasteiger partial charge in [-0.2, -0.15) is 0 Å². The molecule has 0 aromatic carbocycles. The third-order valence-corrected chi connectivity index (χ3v) is 1.43. The molecule has 0 saturated carbocycles. The summed E-state index contributed by atoms with van der Waals surface area (Å²) in [5.74, 6) is 0. The van der Waals surface area contributed by atoms with E-state index in [0.717, 1.165) is 0 Å². The number of hydrogen-bond acceptors (Lipinski definition) is 5. The average Bonchev–Trinajstić information content (AvgIpc) is 2.02. The van der Waals surface area contributed by atoms with Gasteiger partial charge in [-0.05, 0) is 21.1 Å². The van der Waals surface area contributed by atoms with E-state index in [2.05, 4.69) is 11.5 Å². The summed E-state index contributed by atoms with van der Waals surface area (Å²) < 4.78 is 19.1. The molecule has 0 aliphatic carbocycles. The van der Waals surface area contributed by atoms with Crippen molar-refractivity contribution in [1.29, 1.82) is 0 Å². The number of nitrogens with two attached hydrogens (primary N) is 2. The molecule has 0 unspecified atom stereocenters. The molecule has 0 rings (SSSR count). The molecule has 8 N–H and O–H groups in total. The zero-order valence-electron chi connectivity index (χ0n) is 9.52. The molecule has 0 aliphatic heterocycles. The Labute approximate surface area is 94.8 Å². The number of hydrogen-bond donors (Lipinski definition) is 6. The Balaban J connectivity index is -0.000000162. The van der Waals surface area contributed by atoms with Gasteiger partial charge in [-0.25, -0.2) is 0 Å². The van der Waals surface area contributed by atoms with Crippen LogP contribution in [0.2, 0.25) is 0 Å². The van der Waals surface area contributed by atoms with Crippen molar-refractivity contribution in [3.05, 3.63) is 0 Å². The van der Waals surface area contributed by atoms with E-state index >= 15 is 0 Å². The van der Waals surface area contributed by atoms with E-state index in [9.17, 15) is 9.13 Å². The van der Waals surface area contributed by atoms with Crippen LogP contribution in [0, 0.1) is 0 Å². The Morgan fingerprint density at radius 3 is 0.938 bits per heavy atom. The van der Waals surface area contributed by atoms with Crippen LogP contribution < -0.4 is 11.5 Å². The van der Waals surface area contributed by atoms with Crippen LogP contribution in [0.3, 0.4) is 0 Å². The van der Waals surface area contributed by atoms with Gasteiger partial charge in [-0.15, -0.1) is 0 Å². The maximum atomic E-state index is 9.57. The summed E-state index contributed by atoms with van der Waals surface area (Å²) in [6.07, 6.45) is -1.12. The Morgan fingerprint density at radius 1 is 0.875 bits per heavy atom. The van der Waals surface area contributed by atoms with Crippen LogP contribution in [-0.2, 0) is 9.13 Å². The predicted octanol–water partition coefficient (Wildman–Crippen LogP) is -1.66. The smallest absolute Gasteiger partial charge is 0.324 e. The molecule has 0 atom stereocenters. The van der Waals surface area contributed by atoms with E-state index in [-0.39, 0.29) is 0 Å². The molecule has 0 fully saturated rings. The van der Waals surface area contributed by atoms with Gasteiger partial charge in [-0.3, -0.25) is 9.13 Å². The lowest BCUT2D eigenvalue weighted by Crippen LogP contribution is -1.99. The first-order valence-electron chi connectivity index (χ1n) is 3.96. The number of rotatable bonds is 2. The third-order valence-electron chi connectivity index (χ3n) is 0.476. The lowest BCUT2D eigenvalue weighted by atomic mass is 11.0. The van der Waals surface area contributed by atoms with Crippen LogP contribution in [0.4, 0.5) is 0 Å². The first-order valence-corrected chi connectivity index (χ1v) is 7.55. The normalized spacial score (nSPS) is 11.1.